The normalized spacial score (nSPS) is 10.7. The van der Waals surface area contributed by atoms with Crippen molar-refractivity contribution in [3.63, 3.8) is 0 Å². The van der Waals surface area contributed by atoms with Gasteiger partial charge in [-0.2, -0.15) is 4.80 Å². The third kappa shape index (κ3) is 3.92. The molecule has 0 aliphatic carbocycles. The zero-order valence-corrected chi connectivity index (χ0v) is 12.9. The molecule has 0 radical (unpaired) electrons. The molecular formula is C17H18N4O2. The quantitative estimate of drug-likeness (QED) is 0.756. The summed E-state index contributed by atoms with van der Waals surface area (Å²) < 4.78 is 5.77. The van der Waals surface area contributed by atoms with Crippen molar-refractivity contribution < 1.29 is 9.84 Å². The Morgan fingerprint density at radius 1 is 1.04 bits per heavy atom. The van der Waals surface area contributed by atoms with Gasteiger partial charge in [-0.1, -0.05) is 29.8 Å². The van der Waals surface area contributed by atoms with E-state index in [2.05, 4.69) is 46.6 Å². The lowest BCUT2D eigenvalue weighted by Gasteiger charge is -2.07. The van der Waals surface area contributed by atoms with Gasteiger partial charge in [0, 0.05) is 5.56 Å². The number of ether oxygens (including phenoxy) is 1. The average molecular weight is 310 g/mol. The van der Waals surface area contributed by atoms with Gasteiger partial charge < -0.3 is 9.84 Å². The number of aromatic nitrogens is 4. The van der Waals surface area contributed by atoms with Gasteiger partial charge in [0.15, 0.2) is 0 Å². The number of benzene rings is 2. The van der Waals surface area contributed by atoms with Crippen LogP contribution in [0.5, 0.6) is 5.75 Å². The van der Waals surface area contributed by atoms with E-state index in [0.717, 1.165) is 16.9 Å². The van der Waals surface area contributed by atoms with E-state index < -0.39 is 0 Å². The highest BCUT2D eigenvalue weighted by Gasteiger charge is 2.06. The van der Waals surface area contributed by atoms with Gasteiger partial charge in [-0.05, 0) is 42.0 Å². The first-order valence-corrected chi connectivity index (χ1v) is 7.42. The Labute approximate surface area is 134 Å². The lowest BCUT2D eigenvalue weighted by Crippen LogP contribution is -2.05. The number of nitrogens with zero attached hydrogens (tertiary/aromatic N) is 4. The van der Waals surface area contributed by atoms with E-state index in [1.807, 2.05) is 24.3 Å². The molecule has 0 spiro atoms. The minimum absolute atomic E-state index is 0.0123. The third-order valence-corrected chi connectivity index (χ3v) is 3.39. The van der Waals surface area contributed by atoms with Crippen LogP contribution in [-0.2, 0) is 13.2 Å². The summed E-state index contributed by atoms with van der Waals surface area (Å²) in [6, 6.07) is 15.8. The van der Waals surface area contributed by atoms with Crippen LogP contribution in [0.25, 0.3) is 11.4 Å². The van der Waals surface area contributed by atoms with Gasteiger partial charge in [0.2, 0.25) is 5.82 Å². The molecule has 3 rings (SSSR count). The van der Waals surface area contributed by atoms with Crippen molar-refractivity contribution in [3.8, 4) is 17.1 Å². The molecule has 1 heterocycles. The van der Waals surface area contributed by atoms with E-state index in [4.69, 9.17) is 9.84 Å². The Morgan fingerprint density at radius 3 is 2.48 bits per heavy atom. The molecule has 0 aliphatic heterocycles. The topological polar surface area (TPSA) is 73.1 Å². The predicted molar refractivity (Wildman–Crippen MR) is 85.8 cm³/mol. The van der Waals surface area contributed by atoms with Crippen LogP contribution < -0.4 is 4.74 Å². The molecule has 6 nitrogen and oxygen atoms in total. The minimum Gasteiger partial charge on any atom is -0.489 e. The van der Waals surface area contributed by atoms with Crippen molar-refractivity contribution in [1.29, 1.82) is 0 Å². The maximum Gasteiger partial charge on any atom is 0.204 e. The molecule has 2 aromatic carbocycles. The van der Waals surface area contributed by atoms with Crippen LogP contribution >= 0.6 is 0 Å². The van der Waals surface area contributed by atoms with Gasteiger partial charge >= 0.3 is 0 Å². The van der Waals surface area contributed by atoms with Crippen molar-refractivity contribution in [2.75, 3.05) is 6.61 Å². The highest BCUT2D eigenvalue weighted by atomic mass is 16.5. The van der Waals surface area contributed by atoms with Gasteiger partial charge in [-0.3, -0.25) is 0 Å². The van der Waals surface area contributed by atoms with E-state index in [0.29, 0.717) is 19.0 Å². The summed E-state index contributed by atoms with van der Waals surface area (Å²) in [7, 11) is 0. The van der Waals surface area contributed by atoms with E-state index in [9.17, 15) is 0 Å². The molecular weight excluding hydrogens is 292 g/mol. The van der Waals surface area contributed by atoms with Crippen LogP contribution in [0.4, 0.5) is 0 Å². The standard InChI is InChI=1S/C17H18N4O2/c1-13-2-4-14(5-3-13)12-23-16-8-6-15(7-9-16)17-18-20-21(19-17)10-11-22/h2-9,22H,10-12H2,1H3. The summed E-state index contributed by atoms with van der Waals surface area (Å²) in [6.07, 6.45) is 0. The number of tetrazole rings is 1. The van der Waals surface area contributed by atoms with Crippen molar-refractivity contribution in [3.05, 3.63) is 59.7 Å². The Hall–Kier alpha value is -2.73. The van der Waals surface area contributed by atoms with Crippen LogP contribution in [0.2, 0.25) is 0 Å². The molecule has 1 aromatic heterocycles. The summed E-state index contributed by atoms with van der Waals surface area (Å²) in [5, 5.41) is 20.9. The number of hydrogen-bond acceptors (Lipinski definition) is 5. The number of hydrogen-bond donors (Lipinski definition) is 1. The fourth-order valence-electron chi connectivity index (χ4n) is 2.09. The number of rotatable bonds is 6. The fraction of sp³-hybridized carbons (Fsp3) is 0.235. The Kier molecular flexibility index (Phi) is 4.63. The van der Waals surface area contributed by atoms with Crippen molar-refractivity contribution in [2.45, 2.75) is 20.1 Å². The van der Waals surface area contributed by atoms with Crippen LogP contribution in [0.15, 0.2) is 48.5 Å². The Bertz CT molecular complexity index is 751. The van der Waals surface area contributed by atoms with Gasteiger partial charge in [-0.15, -0.1) is 10.2 Å². The first kappa shape index (κ1) is 15.2. The number of aliphatic hydroxyl groups excluding tert-OH is 1. The molecule has 0 aliphatic rings. The first-order valence-electron chi connectivity index (χ1n) is 7.42. The molecule has 1 N–H and O–H groups in total. The molecule has 0 fully saturated rings. The van der Waals surface area contributed by atoms with Gasteiger partial charge in [0.05, 0.1) is 13.2 Å². The smallest absolute Gasteiger partial charge is 0.204 e. The Balaban J connectivity index is 1.63. The fourth-order valence-corrected chi connectivity index (χ4v) is 2.09. The third-order valence-electron chi connectivity index (χ3n) is 3.39. The van der Waals surface area contributed by atoms with Crippen LogP contribution in [-0.4, -0.2) is 31.9 Å². The lowest BCUT2D eigenvalue weighted by molar-refractivity contribution is 0.259. The molecule has 118 valence electrons. The van der Waals surface area contributed by atoms with E-state index in [1.165, 1.54) is 10.4 Å². The molecule has 23 heavy (non-hydrogen) atoms. The molecule has 0 bridgehead atoms. The predicted octanol–water partition coefficient (Wildman–Crippen LogP) is 2.22. The van der Waals surface area contributed by atoms with Gasteiger partial charge in [0.1, 0.15) is 12.4 Å². The second-order valence-electron chi connectivity index (χ2n) is 5.23. The largest absolute Gasteiger partial charge is 0.489 e. The zero-order chi connectivity index (χ0) is 16.1. The molecule has 0 saturated carbocycles. The molecule has 0 amide bonds. The first-order chi connectivity index (χ1) is 11.2. The summed E-state index contributed by atoms with van der Waals surface area (Å²) in [5.41, 5.74) is 3.23. The number of aliphatic hydroxyl groups is 1. The second kappa shape index (κ2) is 7.02. The van der Waals surface area contributed by atoms with Crippen LogP contribution in [0.3, 0.4) is 0 Å². The lowest BCUT2D eigenvalue weighted by atomic mass is 10.2. The SMILES string of the molecule is Cc1ccc(COc2ccc(-c3nnn(CCO)n3)cc2)cc1. The van der Waals surface area contributed by atoms with Crippen molar-refractivity contribution >= 4 is 0 Å². The monoisotopic (exact) mass is 310 g/mol. The number of aryl methyl sites for hydroxylation is 1. The molecule has 6 heteroatoms. The molecule has 0 unspecified atom stereocenters. The average Bonchev–Trinajstić information content (AvgIpc) is 3.04. The second-order valence-corrected chi connectivity index (χ2v) is 5.23. The van der Waals surface area contributed by atoms with E-state index in [1.54, 1.807) is 0 Å². The van der Waals surface area contributed by atoms with Crippen molar-refractivity contribution in [1.82, 2.24) is 20.2 Å². The Morgan fingerprint density at radius 2 is 1.78 bits per heavy atom. The highest BCUT2D eigenvalue weighted by molar-refractivity contribution is 5.55. The summed E-state index contributed by atoms with van der Waals surface area (Å²) >= 11 is 0. The van der Waals surface area contributed by atoms with E-state index in [-0.39, 0.29) is 6.61 Å². The van der Waals surface area contributed by atoms with Gasteiger partial charge in [0.25, 0.3) is 0 Å². The molecule has 0 atom stereocenters. The van der Waals surface area contributed by atoms with Gasteiger partial charge in [-0.25, -0.2) is 0 Å². The van der Waals surface area contributed by atoms with E-state index >= 15 is 0 Å². The van der Waals surface area contributed by atoms with Crippen LogP contribution in [0, 0.1) is 6.92 Å². The highest BCUT2D eigenvalue weighted by Crippen LogP contribution is 2.19. The molecule has 3 aromatic rings. The van der Waals surface area contributed by atoms with Crippen molar-refractivity contribution in [2.24, 2.45) is 0 Å². The zero-order valence-electron chi connectivity index (χ0n) is 12.9. The maximum absolute atomic E-state index is 8.86. The summed E-state index contributed by atoms with van der Waals surface area (Å²) in [6.45, 7) is 2.92. The van der Waals surface area contributed by atoms with Crippen LogP contribution in [0.1, 0.15) is 11.1 Å². The minimum atomic E-state index is -0.0123. The maximum atomic E-state index is 8.86. The summed E-state index contributed by atoms with van der Waals surface area (Å²) in [5.74, 6) is 1.32. The summed E-state index contributed by atoms with van der Waals surface area (Å²) in [4.78, 5) is 1.37. The molecule has 0 saturated heterocycles.